The standard InChI is InChI=1S/C19H20BrF3O2/c1-18(2,12-24-11-14-4-3-5-16(20)10-14)15-6-8-17(9-7-15)25-13-19(21,22)23/h3-10H,11-13H2,1-2H3. The van der Waals surface area contributed by atoms with E-state index in [-0.39, 0.29) is 11.2 Å². The molecule has 0 bridgehead atoms. The van der Waals surface area contributed by atoms with Crippen molar-refractivity contribution in [3.05, 3.63) is 64.1 Å². The van der Waals surface area contributed by atoms with Gasteiger partial charge < -0.3 is 9.47 Å². The van der Waals surface area contributed by atoms with Gasteiger partial charge in [0.1, 0.15) is 5.75 Å². The molecule has 0 saturated heterocycles. The van der Waals surface area contributed by atoms with Crippen molar-refractivity contribution in [3.63, 3.8) is 0 Å². The topological polar surface area (TPSA) is 18.5 Å². The maximum Gasteiger partial charge on any atom is 0.422 e. The van der Waals surface area contributed by atoms with Gasteiger partial charge in [-0.15, -0.1) is 0 Å². The van der Waals surface area contributed by atoms with Gasteiger partial charge >= 0.3 is 6.18 Å². The summed E-state index contributed by atoms with van der Waals surface area (Å²) in [6, 6.07) is 14.5. The number of hydrogen-bond donors (Lipinski definition) is 0. The van der Waals surface area contributed by atoms with Crippen molar-refractivity contribution >= 4 is 15.9 Å². The molecule has 0 fully saturated rings. The average Bonchev–Trinajstić information content (AvgIpc) is 2.53. The molecule has 0 saturated carbocycles. The first-order chi connectivity index (χ1) is 11.7. The molecule has 0 aliphatic heterocycles. The summed E-state index contributed by atoms with van der Waals surface area (Å²) < 4.78 is 48.1. The molecule has 0 radical (unpaired) electrons. The van der Waals surface area contributed by atoms with Crippen molar-refractivity contribution < 1.29 is 22.6 Å². The summed E-state index contributed by atoms with van der Waals surface area (Å²) >= 11 is 3.42. The summed E-state index contributed by atoms with van der Waals surface area (Å²) in [4.78, 5) is 0. The summed E-state index contributed by atoms with van der Waals surface area (Å²) in [7, 11) is 0. The van der Waals surface area contributed by atoms with Crippen LogP contribution >= 0.6 is 15.9 Å². The van der Waals surface area contributed by atoms with Crippen LogP contribution in [0.15, 0.2) is 53.0 Å². The van der Waals surface area contributed by atoms with Gasteiger partial charge in [-0.1, -0.05) is 54.0 Å². The van der Waals surface area contributed by atoms with E-state index in [4.69, 9.17) is 9.47 Å². The highest BCUT2D eigenvalue weighted by Gasteiger charge is 2.28. The van der Waals surface area contributed by atoms with E-state index in [1.807, 2.05) is 38.1 Å². The molecule has 0 aliphatic carbocycles. The van der Waals surface area contributed by atoms with Crippen LogP contribution in [0.1, 0.15) is 25.0 Å². The van der Waals surface area contributed by atoms with Crippen molar-refractivity contribution in [1.82, 2.24) is 0 Å². The molecule has 0 aromatic heterocycles. The summed E-state index contributed by atoms with van der Waals surface area (Å²) in [6.07, 6.45) is -4.34. The highest BCUT2D eigenvalue weighted by molar-refractivity contribution is 9.10. The van der Waals surface area contributed by atoms with Gasteiger partial charge in [0.15, 0.2) is 6.61 Å². The van der Waals surface area contributed by atoms with E-state index in [1.165, 1.54) is 0 Å². The van der Waals surface area contributed by atoms with E-state index in [1.54, 1.807) is 24.3 Å². The molecule has 2 aromatic carbocycles. The first kappa shape index (κ1) is 19.8. The molecule has 2 rings (SSSR count). The lowest BCUT2D eigenvalue weighted by Crippen LogP contribution is -2.24. The van der Waals surface area contributed by atoms with Gasteiger partial charge in [-0.25, -0.2) is 0 Å². The molecule has 0 aliphatic rings. The molecule has 0 amide bonds. The minimum Gasteiger partial charge on any atom is -0.484 e. The predicted octanol–water partition coefficient (Wildman–Crippen LogP) is 5.88. The largest absolute Gasteiger partial charge is 0.484 e. The van der Waals surface area contributed by atoms with Crippen molar-refractivity contribution in [2.75, 3.05) is 13.2 Å². The second-order valence-corrected chi connectivity index (χ2v) is 7.35. The Bertz CT molecular complexity index is 682. The van der Waals surface area contributed by atoms with Crippen LogP contribution < -0.4 is 4.74 Å². The number of ether oxygens (including phenoxy) is 2. The monoisotopic (exact) mass is 416 g/mol. The van der Waals surface area contributed by atoms with Crippen molar-refractivity contribution in [1.29, 1.82) is 0 Å². The van der Waals surface area contributed by atoms with Gasteiger partial charge in [-0.3, -0.25) is 0 Å². The maximum atomic E-state index is 12.2. The Balaban J connectivity index is 1.90. The molecule has 25 heavy (non-hydrogen) atoms. The third-order valence-electron chi connectivity index (χ3n) is 3.66. The number of rotatable bonds is 7. The van der Waals surface area contributed by atoms with Crippen molar-refractivity contribution in [2.24, 2.45) is 0 Å². The van der Waals surface area contributed by atoms with Crippen LogP contribution in [0.4, 0.5) is 13.2 Å². The van der Waals surface area contributed by atoms with Gasteiger partial charge in [-0.05, 0) is 35.4 Å². The molecule has 2 aromatic rings. The Labute approximate surface area is 154 Å². The third-order valence-corrected chi connectivity index (χ3v) is 4.15. The molecule has 6 heteroatoms. The Morgan fingerprint density at radius 2 is 1.64 bits per heavy atom. The highest BCUT2D eigenvalue weighted by Crippen LogP contribution is 2.27. The quantitative estimate of drug-likeness (QED) is 0.560. The van der Waals surface area contributed by atoms with E-state index in [2.05, 4.69) is 15.9 Å². The number of alkyl halides is 3. The van der Waals surface area contributed by atoms with E-state index in [0.717, 1.165) is 15.6 Å². The lowest BCUT2D eigenvalue weighted by Gasteiger charge is -2.25. The summed E-state index contributed by atoms with van der Waals surface area (Å²) in [6.45, 7) is 3.75. The van der Waals surface area contributed by atoms with Crippen molar-refractivity contribution in [2.45, 2.75) is 32.0 Å². The maximum absolute atomic E-state index is 12.2. The van der Waals surface area contributed by atoms with Gasteiger partial charge in [0.05, 0.1) is 13.2 Å². The third kappa shape index (κ3) is 6.71. The smallest absolute Gasteiger partial charge is 0.422 e. The Morgan fingerprint density at radius 3 is 2.24 bits per heavy atom. The predicted molar refractivity (Wildman–Crippen MR) is 94.8 cm³/mol. The van der Waals surface area contributed by atoms with E-state index < -0.39 is 12.8 Å². The van der Waals surface area contributed by atoms with Crippen LogP contribution in [0.5, 0.6) is 5.75 Å². The molecule has 0 spiro atoms. The first-order valence-electron chi connectivity index (χ1n) is 7.78. The van der Waals surface area contributed by atoms with Gasteiger partial charge in [0, 0.05) is 9.89 Å². The minimum absolute atomic E-state index is 0.201. The summed E-state index contributed by atoms with van der Waals surface area (Å²) in [5, 5.41) is 0. The Kier molecular flexibility index (Phi) is 6.52. The SMILES string of the molecule is CC(C)(COCc1cccc(Br)c1)c1ccc(OCC(F)(F)F)cc1. The second-order valence-electron chi connectivity index (χ2n) is 6.43. The van der Waals surface area contributed by atoms with Crippen LogP contribution in [0.3, 0.4) is 0 Å². The fourth-order valence-electron chi connectivity index (χ4n) is 2.30. The molecular formula is C19H20BrF3O2. The molecular weight excluding hydrogens is 397 g/mol. The number of benzene rings is 2. The number of halogens is 4. The zero-order chi connectivity index (χ0) is 18.5. The van der Waals surface area contributed by atoms with Crippen LogP contribution in [-0.2, 0) is 16.8 Å². The molecule has 0 atom stereocenters. The Hall–Kier alpha value is -1.53. The van der Waals surface area contributed by atoms with E-state index in [0.29, 0.717) is 13.2 Å². The second kappa shape index (κ2) is 8.23. The minimum atomic E-state index is -4.34. The molecule has 0 N–H and O–H groups in total. The zero-order valence-electron chi connectivity index (χ0n) is 14.1. The average molecular weight is 417 g/mol. The summed E-state index contributed by atoms with van der Waals surface area (Å²) in [5.41, 5.74) is 1.77. The number of hydrogen-bond acceptors (Lipinski definition) is 2. The fourth-order valence-corrected chi connectivity index (χ4v) is 2.75. The van der Waals surface area contributed by atoms with Gasteiger partial charge in [0.2, 0.25) is 0 Å². The van der Waals surface area contributed by atoms with Gasteiger partial charge in [0.25, 0.3) is 0 Å². The molecule has 0 heterocycles. The molecule has 2 nitrogen and oxygen atoms in total. The lowest BCUT2D eigenvalue weighted by molar-refractivity contribution is -0.153. The highest BCUT2D eigenvalue weighted by atomic mass is 79.9. The molecule has 136 valence electrons. The van der Waals surface area contributed by atoms with Crippen molar-refractivity contribution in [3.8, 4) is 5.75 Å². The van der Waals surface area contributed by atoms with E-state index >= 15 is 0 Å². The Morgan fingerprint density at radius 1 is 0.960 bits per heavy atom. The molecule has 0 unspecified atom stereocenters. The zero-order valence-corrected chi connectivity index (χ0v) is 15.7. The van der Waals surface area contributed by atoms with Crippen LogP contribution in [-0.4, -0.2) is 19.4 Å². The van der Waals surface area contributed by atoms with Crippen LogP contribution in [0.2, 0.25) is 0 Å². The van der Waals surface area contributed by atoms with E-state index in [9.17, 15) is 13.2 Å². The van der Waals surface area contributed by atoms with Crippen LogP contribution in [0, 0.1) is 0 Å². The van der Waals surface area contributed by atoms with Gasteiger partial charge in [-0.2, -0.15) is 13.2 Å². The lowest BCUT2D eigenvalue weighted by atomic mass is 9.85. The van der Waals surface area contributed by atoms with Crippen LogP contribution in [0.25, 0.3) is 0 Å². The summed E-state index contributed by atoms with van der Waals surface area (Å²) in [5.74, 6) is 0.201. The normalized spacial score (nSPS) is 12.2. The fraction of sp³-hybridized carbons (Fsp3) is 0.368. The first-order valence-corrected chi connectivity index (χ1v) is 8.57.